The van der Waals surface area contributed by atoms with Gasteiger partial charge in [0.25, 0.3) is 0 Å². The second-order valence-corrected chi connectivity index (χ2v) is 3.81. The zero-order valence-corrected chi connectivity index (χ0v) is 11.0. The molecule has 0 atom stereocenters. The van der Waals surface area contributed by atoms with Crippen molar-refractivity contribution in [3.05, 3.63) is 29.8 Å². The quantitative estimate of drug-likeness (QED) is 0.836. The van der Waals surface area contributed by atoms with Crippen LogP contribution < -0.4 is 9.47 Å². The van der Waals surface area contributed by atoms with Crippen molar-refractivity contribution in [3.8, 4) is 17.2 Å². The fourth-order valence-electron chi connectivity index (χ4n) is 1.58. The van der Waals surface area contributed by atoms with Gasteiger partial charge in [-0.1, -0.05) is 0 Å². The molecule has 0 aliphatic rings. The van der Waals surface area contributed by atoms with E-state index in [9.17, 15) is 0 Å². The van der Waals surface area contributed by atoms with E-state index in [-0.39, 0.29) is 0 Å². The highest BCUT2D eigenvalue weighted by Gasteiger charge is 2.09. The van der Waals surface area contributed by atoms with Crippen molar-refractivity contribution in [3.63, 3.8) is 0 Å². The fraction of sp³-hybridized carbons (Fsp3) is 0.333. The monoisotopic (exact) mass is 267 g/mol. The van der Waals surface area contributed by atoms with E-state index in [2.05, 4.69) is 10.2 Å². The van der Waals surface area contributed by atoms with Gasteiger partial charge in [-0.2, -0.15) is 0 Å². The van der Waals surface area contributed by atoms with Crippen LogP contribution in [0.3, 0.4) is 0 Å². The van der Waals surface area contributed by atoms with E-state index >= 15 is 0 Å². The van der Waals surface area contributed by atoms with Gasteiger partial charge in [-0.05, 0) is 37.6 Å². The van der Waals surface area contributed by atoms with E-state index < -0.39 is 0 Å². The molecular formula is C12H14ClN3O2. The summed E-state index contributed by atoms with van der Waals surface area (Å²) in [6.45, 7) is 5.01. The first kappa shape index (κ1) is 12.7. The molecule has 0 amide bonds. The minimum atomic E-state index is 0.307. The number of halogens is 1. The van der Waals surface area contributed by atoms with E-state index in [4.69, 9.17) is 21.1 Å². The summed E-state index contributed by atoms with van der Waals surface area (Å²) in [4.78, 5) is 0. The van der Waals surface area contributed by atoms with Crippen molar-refractivity contribution in [2.24, 2.45) is 0 Å². The van der Waals surface area contributed by atoms with E-state index in [0.29, 0.717) is 30.0 Å². The van der Waals surface area contributed by atoms with Gasteiger partial charge in [0.15, 0.2) is 11.5 Å². The van der Waals surface area contributed by atoms with Crippen molar-refractivity contribution in [2.45, 2.75) is 13.8 Å². The summed E-state index contributed by atoms with van der Waals surface area (Å²) in [5, 5.41) is 7.78. The Bertz CT molecular complexity index is 528. The lowest BCUT2D eigenvalue weighted by Gasteiger charge is -2.12. The highest BCUT2D eigenvalue weighted by atomic mass is 35.5. The Hall–Kier alpha value is -1.75. The lowest BCUT2D eigenvalue weighted by atomic mass is 10.2. The van der Waals surface area contributed by atoms with Crippen LogP contribution in [0, 0.1) is 0 Å². The van der Waals surface area contributed by atoms with E-state index in [1.54, 1.807) is 10.9 Å². The second kappa shape index (κ2) is 5.73. The van der Waals surface area contributed by atoms with Crippen LogP contribution in [0.5, 0.6) is 11.5 Å². The molecule has 0 aliphatic heterocycles. The zero-order chi connectivity index (χ0) is 13.0. The van der Waals surface area contributed by atoms with Crippen LogP contribution in [0.4, 0.5) is 0 Å². The van der Waals surface area contributed by atoms with Crippen molar-refractivity contribution in [1.29, 1.82) is 0 Å². The van der Waals surface area contributed by atoms with Crippen molar-refractivity contribution >= 4 is 11.6 Å². The molecule has 2 aromatic rings. The third-order valence-electron chi connectivity index (χ3n) is 2.31. The first-order valence-corrected chi connectivity index (χ1v) is 6.09. The summed E-state index contributed by atoms with van der Waals surface area (Å²) >= 11 is 5.92. The molecule has 1 aromatic heterocycles. The number of ether oxygens (including phenoxy) is 2. The number of hydrogen-bond acceptors (Lipinski definition) is 4. The molecule has 0 saturated heterocycles. The van der Waals surface area contributed by atoms with Gasteiger partial charge in [-0.3, -0.25) is 4.57 Å². The number of aromatic nitrogens is 3. The second-order valence-electron chi connectivity index (χ2n) is 3.47. The number of hydrogen-bond donors (Lipinski definition) is 0. The molecule has 0 bridgehead atoms. The molecule has 0 N–H and O–H groups in total. The molecule has 2 rings (SSSR count). The highest BCUT2D eigenvalue weighted by molar-refractivity contribution is 6.28. The van der Waals surface area contributed by atoms with Crippen LogP contribution in [0.2, 0.25) is 5.28 Å². The maximum Gasteiger partial charge on any atom is 0.229 e. The molecule has 0 saturated carbocycles. The smallest absolute Gasteiger partial charge is 0.229 e. The average molecular weight is 268 g/mol. The largest absolute Gasteiger partial charge is 0.490 e. The molecule has 0 unspecified atom stereocenters. The minimum Gasteiger partial charge on any atom is -0.490 e. The topological polar surface area (TPSA) is 49.2 Å². The van der Waals surface area contributed by atoms with Crippen LogP contribution in [0.1, 0.15) is 13.8 Å². The summed E-state index contributed by atoms with van der Waals surface area (Å²) in [5.41, 5.74) is 0.830. The van der Waals surface area contributed by atoms with E-state index in [0.717, 1.165) is 5.69 Å². The molecule has 6 heteroatoms. The van der Waals surface area contributed by atoms with Crippen molar-refractivity contribution in [2.75, 3.05) is 13.2 Å². The van der Waals surface area contributed by atoms with E-state index in [1.807, 2.05) is 32.0 Å². The summed E-state index contributed by atoms with van der Waals surface area (Å²) in [5.74, 6) is 1.40. The zero-order valence-electron chi connectivity index (χ0n) is 10.3. The molecule has 1 aromatic carbocycles. The standard InChI is InChI=1S/C12H14ClN3O2/c1-3-17-10-6-5-9(7-11(10)18-4-2)16-8-14-15-12(16)13/h5-8H,3-4H2,1-2H3. The minimum absolute atomic E-state index is 0.307. The molecule has 0 aliphatic carbocycles. The fourth-order valence-corrected chi connectivity index (χ4v) is 1.77. The Balaban J connectivity index is 2.39. The van der Waals surface area contributed by atoms with Gasteiger partial charge in [0.05, 0.1) is 18.9 Å². The lowest BCUT2D eigenvalue weighted by molar-refractivity contribution is 0.287. The van der Waals surface area contributed by atoms with Crippen LogP contribution in [0.25, 0.3) is 5.69 Å². The van der Waals surface area contributed by atoms with Gasteiger partial charge in [-0.25, -0.2) is 0 Å². The van der Waals surface area contributed by atoms with E-state index in [1.165, 1.54) is 0 Å². The normalized spacial score (nSPS) is 10.4. The van der Waals surface area contributed by atoms with Gasteiger partial charge in [-0.15, -0.1) is 10.2 Å². The first-order valence-electron chi connectivity index (χ1n) is 5.71. The van der Waals surface area contributed by atoms with Gasteiger partial charge in [0.1, 0.15) is 6.33 Å². The van der Waals surface area contributed by atoms with Crippen LogP contribution in [0.15, 0.2) is 24.5 Å². The average Bonchev–Trinajstić information content (AvgIpc) is 2.78. The first-order chi connectivity index (χ1) is 8.76. The molecule has 0 spiro atoms. The van der Waals surface area contributed by atoms with Crippen molar-refractivity contribution in [1.82, 2.24) is 14.8 Å². The summed E-state index contributed by atoms with van der Waals surface area (Å²) in [6, 6.07) is 5.58. The Kier molecular flexibility index (Phi) is 4.04. The lowest BCUT2D eigenvalue weighted by Crippen LogP contribution is -2.00. The van der Waals surface area contributed by atoms with Crippen LogP contribution in [-0.2, 0) is 0 Å². The predicted octanol–water partition coefficient (Wildman–Crippen LogP) is 2.72. The summed E-state index contributed by atoms with van der Waals surface area (Å²) < 4.78 is 12.7. The molecule has 18 heavy (non-hydrogen) atoms. The Labute approximate surface area is 110 Å². The van der Waals surface area contributed by atoms with Gasteiger partial charge in [0, 0.05) is 6.07 Å². The number of benzene rings is 1. The third-order valence-corrected chi connectivity index (χ3v) is 2.57. The summed E-state index contributed by atoms with van der Waals surface area (Å²) in [7, 11) is 0. The molecule has 1 heterocycles. The molecule has 96 valence electrons. The van der Waals surface area contributed by atoms with Gasteiger partial charge >= 0.3 is 0 Å². The van der Waals surface area contributed by atoms with Crippen molar-refractivity contribution < 1.29 is 9.47 Å². The Morgan fingerprint density at radius 3 is 2.50 bits per heavy atom. The summed E-state index contributed by atoms with van der Waals surface area (Å²) in [6.07, 6.45) is 1.55. The molecular weight excluding hydrogens is 254 g/mol. The maximum absolute atomic E-state index is 5.92. The maximum atomic E-state index is 5.92. The third kappa shape index (κ3) is 2.56. The molecule has 0 radical (unpaired) electrons. The Morgan fingerprint density at radius 1 is 1.17 bits per heavy atom. The van der Waals surface area contributed by atoms with Crippen LogP contribution >= 0.6 is 11.6 Å². The highest BCUT2D eigenvalue weighted by Crippen LogP contribution is 2.30. The number of rotatable bonds is 5. The molecule has 0 fully saturated rings. The Morgan fingerprint density at radius 2 is 1.89 bits per heavy atom. The molecule has 5 nitrogen and oxygen atoms in total. The SMILES string of the molecule is CCOc1ccc(-n2cnnc2Cl)cc1OCC. The number of nitrogens with zero attached hydrogens (tertiary/aromatic N) is 3. The van der Waals surface area contributed by atoms with Gasteiger partial charge < -0.3 is 9.47 Å². The van der Waals surface area contributed by atoms with Gasteiger partial charge in [0.2, 0.25) is 5.28 Å². The van der Waals surface area contributed by atoms with Crippen LogP contribution in [-0.4, -0.2) is 28.0 Å². The predicted molar refractivity (Wildman–Crippen MR) is 68.7 cm³/mol.